The third-order valence-corrected chi connectivity index (χ3v) is 7.01. The highest BCUT2D eigenvalue weighted by Crippen LogP contribution is 2.28. The van der Waals surface area contributed by atoms with Gasteiger partial charge in [-0.05, 0) is 65.9 Å². The number of fused-ring (bicyclic) bond motifs is 2. The SMILES string of the molecule is CN1CCc2c(N)cccc2C1=O.CN1CCc2c(NCc3ccc(Cl)cc3Cl)cccc2C1=O. The van der Waals surface area contributed by atoms with Crippen LogP contribution in [0.25, 0.3) is 0 Å². The van der Waals surface area contributed by atoms with E-state index in [1.54, 1.807) is 15.9 Å². The molecule has 2 aliphatic rings. The van der Waals surface area contributed by atoms with Gasteiger partial charge < -0.3 is 20.9 Å². The second-order valence-electron chi connectivity index (χ2n) is 8.75. The maximum atomic E-state index is 12.2. The highest BCUT2D eigenvalue weighted by Gasteiger charge is 2.23. The van der Waals surface area contributed by atoms with E-state index in [4.69, 9.17) is 28.9 Å². The molecule has 0 saturated carbocycles. The lowest BCUT2D eigenvalue weighted by Gasteiger charge is -2.26. The van der Waals surface area contributed by atoms with Crippen LogP contribution in [0.4, 0.5) is 11.4 Å². The molecular weight excluding hydrogens is 483 g/mol. The summed E-state index contributed by atoms with van der Waals surface area (Å²) in [5.41, 5.74) is 12.1. The quantitative estimate of drug-likeness (QED) is 0.478. The van der Waals surface area contributed by atoms with Gasteiger partial charge in [0.15, 0.2) is 0 Å². The van der Waals surface area contributed by atoms with Crippen LogP contribution in [0.5, 0.6) is 0 Å². The number of benzene rings is 3. The molecule has 2 aliphatic heterocycles. The smallest absolute Gasteiger partial charge is 0.253 e. The van der Waals surface area contributed by atoms with Gasteiger partial charge in [0.25, 0.3) is 11.8 Å². The van der Waals surface area contributed by atoms with Gasteiger partial charge in [-0.25, -0.2) is 0 Å². The number of carbonyl (C=O) groups is 2. The number of hydrogen-bond acceptors (Lipinski definition) is 4. The molecule has 35 heavy (non-hydrogen) atoms. The zero-order valence-electron chi connectivity index (χ0n) is 19.8. The molecule has 2 heterocycles. The van der Waals surface area contributed by atoms with Crippen molar-refractivity contribution in [3.05, 3.63) is 92.5 Å². The number of hydrogen-bond donors (Lipinski definition) is 2. The van der Waals surface area contributed by atoms with Crippen molar-refractivity contribution < 1.29 is 9.59 Å². The molecule has 3 aromatic rings. The van der Waals surface area contributed by atoms with Crippen LogP contribution < -0.4 is 11.1 Å². The van der Waals surface area contributed by atoms with E-state index in [-0.39, 0.29) is 11.8 Å². The van der Waals surface area contributed by atoms with Gasteiger partial charge in [0.05, 0.1) is 0 Å². The Hall–Kier alpha value is -3.22. The minimum atomic E-state index is 0.0774. The maximum absolute atomic E-state index is 12.2. The Bertz CT molecular complexity index is 1280. The fraction of sp³-hybridized carbons (Fsp3) is 0.259. The zero-order chi connectivity index (χ0) is 25.1. The van der Waals surface area contributed by atoms with Gasteiger partial charge in [-0.2, -0.15) is 0 Å². The molecule has 0 aliphatic carbocycles. The molecule has 2 amide bonds. The molecule has 0 fully saturated rings. The van der Waals surface area contributed by atoms with Gasteiger partial charge in [-0.15, -0.1) is 0 Å². The van der Waals surface area contributed by atoms with E-state index in [2.05, 4.69) is 5.32 Å². The van der Waals surface area contributed by atoms with Gasteiger partial charge in [0.2, 0.25) is 0 Å². The first kappa shape index (κ1) is 24.9. The summed E-state index contributed by atoms with van der Waals surface area (Å²) < 4.78 is 0. The predicted octanol–water partition coefficient (Wildman–Crippen LogP) is 5.13. The Balaban J connectivity index is 0.000000189. The van der Waals surface area contributed by atoms with E-state index in [0.29, 0.717) is 16.6 Å². The fourth-order valence-electron chi connectivity index (χ4n) is 4.34. The van der Waals surface area contributed by atoms with Crippen LogP contribution in [-0.2, 0) is 19.4 Å². The molecule has 0 radical (unpaired) electrons. The third-order valence-electron chi connectivity index (χ3n) is 6.42. The average Bonchev–Trinajstić information content (AvgIpc) is 2.84. The van der Waals surface area contributed by atoms with Crippen LogP contribution in [0.2, 0.25) is 10.0 Å². The number of amides is 2. The predicted molar refractivity (Wildman–Crippen MR) is 142 cm³/mol. The van der Waals surface area contributed by atoms with E-state index in [1.807, 2.05) is 62.6 Å². The summed E-state index contributed by atoms with van der Waals surface area (Å²) in [5.74, 6) is 0.156. The van der Waals surface area contributed by atoms with Gasteiger partial charge in [-0.1, -0.05) is 41.4 Å². The first-order chi connectivity index (χ1) is 16.8. The van der Waals surface area contributed by atoms with Crippen LogP contribution in [0.15, 0.2) is 54.6 Å². The molecule has 0 spiro atoms. The molecular formula is C27H28Cl2N4O2. The van der Waals surface area contributed by atoms with Crippen molar-refractivity contribution in [1.29, 1.82) is 0 Å². The Morgan fingerprint density at radius 1 is 0.857 bits per heavy atom. The Labute approximate surface area is 215 Å². The van der Waals surface area contributed by atoms with E-state index in [9.17, 15) is 9.59 Å². The molecule has 0 bridgehead atoms. The highest BCUT2D eigenvalue weighted by atomic mass is 35.5. The molecule has 6 nitrogen and oxygen atoms in total. The monoisotopic (exact) mass is 510 g/mol. The van der Waals surface area contributed by atoms with Crippen molar-refractivity contribution in [1.82, 2.24) is 9.80 Å². The molecule has 0 aromatic heterocycles. The van der Waals surface area contributed by atoms with Crippen LogP contribution in [0.1, 0.15) is 37.4 Å². The molecule has 3 aromatic carbocycles. The lowest BCUT2D eigenvalue weighted by atomic mass is 9.97. The lowest BCUT2D eigenvalue weighted by Crippen LogP contribution is -2.34. The number of nitrogens with one attached hydrogen (secondary N) is 1. The molecule has 0 atom stereocenters. The van der Waals surface area contributed by atoms with E-state index >= 15 is 0 Å². The molecule has 0 unspecified atom stereocenters. The number of carbonyl (C=O) groups excluding carboxylic acids is 2. The molecule has 0 saturated heterocycles. The number of nitrogens with two attached hydrogens (primary N) is 1. The van der Waals surface area contributed by atoms with Crippen molar-refractivity contribution in [3.63, 3.8) is 0 Å². The summed E-state index contributed by atoms with van der Waals surface area (Å²) in [4.78, 5) is 27.3. The maximum Gasteiger partial charge on any atom is 0.253 e. The third kappa shape index (κ3) is 5.39. The fourth-order valence-corrected chi connectivity index (χ4v) is 4.81. The molecule has 8 heteroatoms. The van der Waals surface area contributed by atoms with Crippen molar-refractivity contribution in [2.24, 2.45) is 0 Å². The number of likely N-dealkylation sites (N-methyl/N-ethyl adjacent to an activating group) is 2. The van der Waals surface area contributed by atoms with Crippen molar-refractivity contribution in [3.8, 4) is 0 Å². The summed E-state index contributed by atoms with van der Waals surface area (Å²) in [6, 6.07) is 16.8. The van der Waals surface area contributed by atoms with Crippen molar-refractivity contribution >= 4 is 46.4 Å². The number of rotatable bonds is 3. The van der Waals surface area contributed by atoms with Gasteiger partial charge in [0.1, 0.15) is 0 Å². The molecule has 3 N–H and O–H groups in total. The molecule has 5 rings (SSSR count). The summed E-state index contributed by atoms with van der Waals surface area (Å²) in [6.07, 6.45) is 1.72. The minimum Gasteiger partial charge on any atom is -0.398 e. The first-order valence-electron chi connectivity index (χ1n) is 11.4. The zero-order valence-corrected chi connectivity index (χ0v) is 21.3. The van der Waals surface area contributed by atoms with Gasteiger partial charge >= 0.3 is 0 Å². The summed E-state index contributed by atoms with van der Waals surface area (Å²) in [5, 5.41) is 4.65. The Morgan fingerprint density at radius 3 is 2.11 bits per heavy atom. The second-order valence-corrected chi connectivity index (χ2v) is 9.59. The van der Waals surface area contributed by atoms with Crippen molar-refractivity contribution in [2.75, 3.05) is 38.2 Å². The first-order valence-corrected chi connectivity index (χ1v) is 12.2. The molecule has 182 valence electrons. The van der Waals surface area contributed by atoms with Crippen LogP contribution in [0.3, 0.4) is 0 Å². The van der Waals surface area contributed by atoms with Crippen LogP contribution >= 0.6 is 23.2 Å². The number of halogens is 2. The van der Waals surface area contributed by atoms with Gasteiger partial charge in [0, 0.05) is 66.3 Å². The number of nitrogens with zero attached hydrogens (tertiary/aromatic N) is 2. The van der Waals surface area contributed by atoms with E-state index < -0.39 is 0 Å². The largest absolute Gasteiger partial charge is 0.398 e. The normalized spacial score (nSPS) is 14.6. The number of nitrogen functional groups attached to an aromatic ring is 1. The second kappa shape index (κ2) is 10.6. The summed E-state index contributed by atoms with van der Waals surface area (Å²) >= 11 is 12.1. The standard InChI is InChI=1S/C17H16Cl2N2O.C10H12N2O/c1-21-8-7-13-14(17(21)22)3-2-4-16(13)20-10-11-5-6-12(18)9-15(11)19;1-12-6-5-7-8(10(12)13)3-2-4-9(7)11/h2-6,9,20H,7-8,10H2,1H3;2-4H,5-6,11H2,1H3. The van der Waals surface area contributed by atoms with Crippen molar-refractivity contribution in [2.45, 2.75) is 19.4 Å². The lowest BCUT2D eigenvalue weighted by molar-refractivity contribution is 0.0773. The Morgan fingerprint density at radius 2 is 1.46 bits per heavy atom. The summed E-state index contributed by atoms with van der Waals surface area (Å²) in [6.45, 7) is 2.10. The van der Waals surface area contributed by atoms with Crippen LogP contribution in [0, 0.1) is 0 Å². The van der Waals surface area contributed by atoms with E-state index in [0.717, 1.165) is 65.1 Å². The van der Waals surface area contributed by atoms with E-state index in [1.165, 1.54) is 0 Å². The Kier molecular flexibility index (Phi) is 7.53. The topological polar surface area (TPSA) is 78.7 Å². The summed E-state index contributed by atoms with van der Waals surface area (Å²) in [7, 11) is 3.65. The number of anilines is 2. The van der Waals surface area contributed by atoms with Gasteiger partial charge in [-0.3, -0.25) is 9.59 Å². The van der Waals surface area contributed by atoms with Crippen LogP contribution in [-0.4, -0.2) is 48.8 Å². The highest BCUT2D eigenvalue weighted by molar-refractivity contribution is 6.35. The minimum absolute atomic E-state index is 0.0774. The average molecular weight is 511 g/mol.